The van der Waals surface area contributed by atoms with Crippen LogP contribution in [0.5, 0.6) is 5.75 Å². The third-order valence-corrected chi connectivity index (χ3v) is 5.41. The number of aromatic amines is 1. The van der Waals surface area contributed by atoms with Gasteiger partial charge in [-0.1, -0.05) is 6.07 Å². The van der Waals surface area contributed by atoms with Crippen molar-refractivity contribution >= 4 is 5.95 Å². The summed E-state index contributed by atoms with van der Waals surface area (Å²) in [6.07, 6.45) is 5.65. The molecule has 3 heterocycles. The van der Waals surface area contributed by atoms with Gasteiger partial charge in [0.05, 0.1) is 11.8 Å². The number of nitrogens with zero attached hydrogens (tertiary/aromatic N) is 5. The van der Waals surface area contributed by atoms with Gasteiger partial charge in [-0.05, 0) is 36.5 Å². The Morgan fingerprint density at radius 1 is 1.18 bits per heavy atom. The van der Waals surface area contributed by atoms with Gasteiger partial charge >= 0.3 is 0 Å². The Hall–Kier alpha value is -3.07. The maximum absolute atomic E-state index is 13.6. The van der Waals surface area contributed by atoms with Gasteiger partial charge < -0.3 is 15.3 Å². The topological polar surface area (TPSA) is 103 Å². The number of hydrogen-bond acceptors (Lipinski definition) is 7. The number of piperazine rings is 1. The number of aromatic nitrogens is 5. The van der Waals surface area contributed by atoms with Crippen LogP contribution in [0.15, 0.2) is 30.6 Å². The van der Waals surface area contributed by atoms with Crippen LogP contribution in [0.25, 0.3) is 22.4 Å². The largest absolute Gasteiger partial charge is 0.507 e. The van der Waals surface area contributed by atoms with Crippen molar-refractivity contribution in [2.45, 2.75) is 18.9 Å². The molecule has 1 aliphatic carbocycles. The summed E-state index contributed by atoms with van der Waals surface area (Å²) < 4.78 is 13.6. The molecule has 0 radical (unpaired) electrons. The number of H-pyrrole nitrogens is 1. The molecule has 0 unspecified atom stereocenters. The predicted molar refractivity (Wildman–Crippen MR) is 101 cm³/mol. The Morgan fingerprint density at radius 2 is 2.07 bits per heavy atom. The first-order chi connectivity index (χ1) is 13.7. The van der Waals surface area contributed by atoms with E-state index in [-0.39, 0.29) is 5.75 Å². The van der Waals surface area contributed by atoms with Gasteiger partial charge in [-0.2, -0.15) is 4.39 Å². The Morgan fingerprint density at radius 3 is 2.75 bits per heavy atom. The summed E-state index contributed by atoms with van der Waals surface area (Å²) in [5, 5.41) is 28.4. The van der Waals surface area contributed by atoms with Crippen LogP contribution in [0.1, 0.15) is 12.8 Å². The highest BCUT2D eigenvalue weighted by atomic mass is 19.1. The van der Waals surface area contributed by atoms with Crippen LogP contribution in [0, 0.1) is 11.9 Å². The second-order valence-corrected chi connectivity index (χ2v) is 7.31. The molecule has 1 saturated carbocycles. The van der Waals surface area contributed by atoms with Crippen LogP contribution in [-0.2, 0) is 0 Å². The van der Waals surface area contributed by atoms with Gasteiger partial charge in [-0.25, -0.2) is 4.98 Å². The summed E-state index contributed by atoms with van der Waals surface area (Å²) in [5.74, 6) is 0.745. The maximum atomic E-state index is 13.6. The predicted octanol–water partition coefficient (Wildman–Crippen LogP) is 1.96. The Labute approximate surface area is 160 Å². The quantitative estimate of drug-likeness (QED) is 0.635. The highest BCUT2D eigenvalue weighted by molar-refractivity contribution is 5.73. The van der Waals surface area contributed by atoms with E-state index in [1.165, 1.54) is 25.1 Å². The van der Waals surface area contributed by atoms with Crippen molar-refractivity contribution in [3.63, 3.8) is 0 Å². The average molecular weight is 381 g/mol. The van der Waals surface area contributed by atoms with E-state index in [0.29, 0.717) is 34.4 Å². The molecule has 2 aliphatic rings. The number of aromatic hydroxyl groups is 1. The summed E-state index contributed by atoms with van der Waals surface area (Å²) in [6.45, 7) is 2.65. The molecule has 1 aromatic carbocycles. The number of halogens is 1. The summed E-state index contributed by atoms with van der Waals surface area (Å²) in [4.78, 5) is 6.61. The molecule has 0 amide bonds. The van der Waals surface area contributed by atoms with Gasteiger partial charge in [0.1, 0.15) is 11.4 Å². The minimum Gasteiger partial charge on any atom is -0.507 e. The van der Waals surface area contributed by atoms with Crippen LogP contribution in [-0.4, -0.2) is 56.2 Å². The van der Waals surface area contributed by atoms with E-state index in [9.17, 15) is 9.50 Å². The zero-order valence-corrected chi connectivity index (χ0v) is 15.1. The molecule has 3 N–H and O–H groups in total. The minimum absolute atomic E-state index is 0.0158. The zero-order chi connectivity index (χ0) is 19.1. The van der Waals surface area contributed by atoms with Crippen molar-refractivity contribution in [2.24, 2.45) is 5.92 Å². The SMILES string of the molecule is Oc1cc(-c2c[nH]nc2F)ccc1-c1cnc(N2CCN[C@H](C3CC3)C2)nn1. The van der Waals surface area contributed by atoms with Crippen molar-refractivity contribution in [3.8, 4) is 28.1 Å². The molecule has 5 rings (SSSR count). The standard InChI is InChI=1S/C19H20FN7O/c20-18-14(8-23-25-18)12-3-4-13(17(28)7-12)15-9-22-19(26-24-15)27-6-5-21-16(10-27)11-1-2-11/h3-4,7-9,11,16,21,28H,1-2,5-6,10H2,(H,23,25)/t16-/m0/s1. The summed E-state index contributed by atoms with van der Waals surface area (Å²) in [5.41, 5.74) is 1.78. The van der Waals surface area contributed by atoms with Gasteiger partial charge in [-0.15, -0.1) is 15.3 Å². The molecular formula is C19H20FN7O. The summed E-state index contributed by atoms with van der Waals surface area (Å²) in [7, 11) is 0. The second kappa shape index (κ2) is 6.83. The summed E-state index contributed by atoms with van der Waals surface area (Å²) >= 11 is 0. The fourth-order valence-electron chi connectivity index (χ4n) is 3.70. The number of phenolic OH excluding ortho intramolecular Hbond substituents is 1. The van der Waals surface area contributed by atoms with E-state index in [1.54, 1.807) is 18.3 Å². The summed E-state index contributed by atoms with van der Waals surface area (Å²) in [6, 6.07) is 5.36. The first kappa shape index (κ1) is 17.1. The Balaban J connectivity index is 1.36. The average Bonchev–Trinajstić information content (AvgIpc) is 3.49. The van der Waals surface area contributed by atoms with Crippen LogP contribution < -0.4 is 10.2 Å². The lowest BCUT2D eigenvalue weighted by molar-refractivity contribution is 0.414. The lowest BCUT2D eigenvalue weighted by Crippen LogP contribution is -2.52. The van der Waals surface area contributed by atoms with Crippen molar-refractivity contribution < 1.29 is 9.50 Å². The number of anilines is 1. The van der Waals surface area contributed by atoms with Crippen molar-refractivity contribution in [1.82, 2.24) is 30.7 Å². The van der Waals surface area contributed by atoms with Gasteiger partial charge in [0.2, 0.25) is 11.9 Å². The minimum atomic E-state index is -0.613. The molecule has 3 aromatic rings. The normalized spacial score (nSPS) is 19.8. The monoisotopic (exact) mass is 381 g/mol. The highest BCUT2D eigenvalue weighted by Crippen LogP contribution is 2.35. The lowest BCUT2D eigenvalue weighted by Gasteiger charge is -2.33. The smallest absolute Gasteiger partial charge is 0.245 e. The third kappa shape index (κ3) is 3.18. The third-order valence-electron chi connectivity index (χ3n) is 5.41. The van der Waals surface area contributed by atoms with Gasteiger partial charge in [-0.3, -0.25) is 5.10 Å². The van der Waals surface area contributed by atoms with Crippen molar-refractivity contribution in [3.05, 3.63) is 36.5 Å². The van der Waals surface area contributed by atoms with Crippen LogP contribution >= 0.6 is 0 Å². The Kier molecular flexibility index (Phi) is 4.16. The van der Waals surface area contributed by atoms with Crippen molar-refractivity contribution in [2.75, 3.05) is 24.5 Å². The molecule has 0 bridgehead atoms. The zero-order valence-electron chi connectivity index (χ0n) is 15.1. The molecular weight excluding hydrogens is 361 g/mol. The van der Waals surface area contributed by atoms with Crippen LogP contribution in [0.2, 0.25) is 0 Å². The lowest BCUT2D eigenvalue weighted by atomic mass is 10.0. The fraction of sp³-hybridized carbons (Fsp3) is 0.368. The molecule has 1 atom stereocenters. The number of hydrogen-bond donors (Lipinski definition) is 3. The van der Waals surface area contributed by atoms with E-state index in [0.717, 1.165) is 25.6 Å². The molecule has 8 nitrogen and oxygen atoms in total. The van der Waals surface area contributed by atoms with Crippen LogP contribution in [0.4, 0.5) is 10.3 Å². The van der Waals surface area contributed by atoms with E-state index in [1.807, 2.05) is 0 Å². The number of benzene rings is 1. The molecule has 9 heteroatoms. The molecule has 28 heavy (non-hydrogen) atoms. The number of phenols is 1. The molecule has 2 fully saturated rings. The van der Waals surface area contributed by atoms with E-state index in [4.69, 9.17) is 0 Å². The number of nitrogens with one attached hydrogen (secondary N) is 2. The fourth-order valence-corrected chi connectivity index (χ4v) is 3.70. The molecule has 2 aromatic heterocycles. The second-order valence-electron chi connectivity index (χ2n) is 7.31. The van der Waals surface area contributed by atoms with E-state index >= 15 is 0 Å². The van der Waals surface area contributed by atoms with Crippen molar-refractivity contribution in [1.29, 1.82) is 0 Å². The molecule has 144 valence electrons. The van der Waals surface area contributed by atoms with E-state index in [2.05, 4.69) is 35.6 Å². The molecule has 1 aliphatic heterocycles. The number of rotatable bonds is 4. The highest BCUT2D eigenvalue weighted by Gasteiger charge is 2.34. The van der Waals surface area contributed by atoms with Gasteiger partial charge in [0.25, 0.3) is 0 Å². The molecule has 1 saturated heterocycles. The van der Waals surface area contributed by atoms with E-state index < -0.39 is 5.95 Å². The maximum Gasteiger partial charge on any atom is 0.245 e. The Bertz CT molecular complexity index is 986. The molecule has 0 spiro atoms. The van der Waals surface area contributed by atoms with Gasteiger partial charge in [0, 0.05) is 37.4 Å². The first-order valence-electron chi connectivity index (χ1n) is 9.40. The van der Waals surface area contributed by atoms with Crippen LogP contribution in [0.3, 0.4) is 0 Å². The first-order valence-corrected chi connectivity index (χ1v) is 9.40. The van der Waals surface area contributed by atoms with Gasteiger partial charge in [0.15, 0.2) is 0 Å².